The molecule has 0 amide bonds. The summed E-state index contributed by atoms with van der Waals surface area (Å²) in [5, 5.41) is 0. The van der Waals surface area contributed by atoms with Crippen LogP contribution in [0.5, 0.6) is 5.75 Å². The molecule has 0 bridgehead atoms. The van der Waals surface area contributed by atoms with E-state index in [1.165, 1.54) is 11.0 Å². The molecule has 0 aromatic heterocycles. The van der Waals surface area contributed by atoms with Crippen molar-refractivity contribution in [3.8, 4) is 5.75 Å². The molecule has 2 unspecified atom stereocenters. The number of ether oxygens (including phenoxy) is 2. The molecule has 2 fully saturated rings. The minimum Gasteiger partial charge on any atom is -0.491 e. The second-order valence-electron chi connectivity index (χ2n) is 5.95. The van der Waals surface area contributed by atoms with Gasteiger partial charge in [0.05, 0.1) is 25.3 Å². The van der Waals surface area contributed by atoms with Gasteiger partial charge >= 0.3 is 5.97 Å². The highest BCUT2D eigenvalue weighted by atomic mass is 19.3. The molecule has 1 saturated heterocycles. The number of alkyl halides is 2. The Morgan fingerprint density at radius 3 is 2.48 bits per heavy atom. The van der Waals surface area contributed by atoms with E-state index in [0.717, 1.165) is 20.3 Å². The molecule has 2 aliphatic rings. The lowest BCUT2D eigenvalue weighted by Crippen LogP contribution is -2.37. The van der Waals surface area contributed by atoms with Crippen LogP contribution in [0, 0.1) is 17.0 Å². The Labute approximate surface area is 130 Å². The zero-order valence-electron chi connectivity index (χ0n) is 12.5. The SMILES string of the molecule is COC(=O)C1CC2(CN1c1ccc(F)c(F)c1OC)CC2(F)F. The predicted octanol–water partition coefficient (Wildman–Crippen LogP) is 2.75. The average molecular weight is 333 g/mol. The fourth-order valence-corrected chi connectivity index (χ4v) is 3.30. The van der Waals surface area contributed by atoms with E-state index in [1.807, 2.05) is 0 Å². The van der Waals surface area contributed by atoms with Gasteiger partial charge in [-0.05, 0) is 18.6 Å². The first kappa shape index (κ1) is 15.9. The summed E-state index contributed by atoms with van der Waals surface area (Å²) in [7, 11) is 2.30. The molecule has 0 radical (unpaired) electrons. The van der Waals surface area contributed by atoms with E-state index in [1.54, 1.807) is 0 Å². The van der Waals surface area contributed by atoms with Crippen LogP contribution >= 0.6 is 0 Å². The number of anilines is 1. The minimum absolute atomic E-state index is 0.0568. The van der Waals surface area contributed by atoms with Crippen LogP contribution in [0.15, 0.2) is 12.1 Å². The van der Waals surface area contributed by atoms with Gasteiger partial charge in [-0.15, -0.1) is 0 Å². The van der Waals surface area contributed by atoms with E-state index < -0.39 is 40.7 Å². The first-order chi connectivity index (χ1) is 10.8. The van der Waals surface area contributed by atoms with Crippen LogP contribution in [0.4, 0.5) is 23.2 Å². The summed E-state index contributed by atoms with van der Waals surface area (Å²) in [6.45, 7) is -0.152. The third-order valence-corrected chi connectivity index (χ3v) is 4.66. The van der Waals surface area contributed by atoms with Crippen molar-refractivity contribution in [2.24, 2.45) is 5.41 Å². The lowest BCUT2D eigenvalue weighted by molar-refractivity contribution is -0.142. The maximum atomic E-state index is 13.9. The van der Waals surface area contributed by atoms with Gasteiger partial charge in [-0.25, -0.2) is 18.0 Å². The Hall–Kier alpha value is -1.99. The van der Waals surface area contributed by atoms with E-state index in [4.69, 9.17) is 4.74 Å². The summed E-state index contributed by atoms with van der Waals surface area (Å²) in [5.74, 6) is -6.33. The van der Waals surface area contributed by atoms with E-state index in [9.17, 15) is 22.4 Å². The molecule has 3 rings (SSSR count). The lowest BCUT2D eigenvalue weighted by Gasteiger charge is -2.26. The van der Waals surface area contributed by atoms with Gasteiger partial charge in [0.2, 0.25) is 5.82 Å². The van der Waals surface area contributed by atoms with E-state index in [0.29, 0.717) is 0 Å². The predicted molar refractivity (Wildman–Crippen MR) is 72.7 cm³/mol. The first-order valence-electron chi connectivity index (χ1n) is 7.00. The van der Waals surface area contributed by atoms with Crippen LogP contribution < -0.4 is 9.64 Å². The maximum absolute atomic E-state index is 13.9. The molecule has 1 aromatic carbocycles. The van der Waals surface area contributed by atoms with Crippen molar-refractivity contribution in [3.63, 3.8) is 0 Å². The Morgan fingerprint density at radius 2 is 1.96 bits per heavy atom. The number of benzene rings is 1. The fourth-order valence-electron chi connectivity index (χ4n) is 3.30. The van der Waals surface area contributed by atoms with Crippen LogP contribution in [-0.2, 0) is 9.53 Å². The Kier molecular flexibility index (Phi) is 3.46. The van der Waals surface area contributed by atoms with Gasteiger partial charge in [0.15, 0.2) is 11.6 Å². The third-order valence-electron chi connectivity index (χ3n) is 4.66. The number of methoxy groups -OCH3 is 2. The normalized spacial score (nSPS) is 28.1. The van der Waals surface area contributed by atoms with Crippen molar-refractivity contribution >= 4 is 11.7 Å². The topological polar surface area (TPSA) is 38.8 Å². The van der Waals surface area contributed by atoms with Gasteiger partial charge in [0.25, 0.3) is 5.92 Å². The molecule has 1 spiro atoms. The summed E-state index contributed by atoms with van der Waals surface area (Å²) in [5.41, 5.74) is -1.27. The van der Waals surface area contributed by atoms with Gasteiger partial charge in [-0.1, -0.05) is 0 Å². The Balaban J connectivity index is 2.03. The molecule has 1 aliphatic carbocycles. The van der Waals surface area contributed by atoms with Gasteiger partial charge in [-0.2, -0.15) is 4.39 Å². The van der Waals surface area contributed by atoms with Gasteiger partial charge in [0.1, 0.15) is 6.04 Å². The Morgan fingerprint density at radius 1 is 1.30 bits per heavy atom. The van der Waals surface area contributed by atoms with Gasteiger partial charge < -0.3 is 14.4 Å². The number of rotatable bonds is 3. The highest BCUT2D eigenvalue weighted by Crippen LogP contribution is 2.67. The molecule has 1 heterocycles. The first-order valence-corrected chi connectivity index (χ1v) is 7.00. The monoisotopic (exact) mass is 333 g/mol. The number of hydrogen-bond donors (Lipinski definition) is 0. The molecule has 0 N–H and O–H groups in total. The number of nitrogens with zero attached hydrogens (tertiary/aromatic N) is 1. The van der Waals surface area contributed by atoms with Crippen molar-refractivity contribution in [2.45, 2.75) is 24.8 Å². The molecule has 1 aromatic rings. The van der Waals surface area contributed by atoms with Crippen LogP contribution in [-0.4, -0.2) is 38.7 Å². The molecule has 126 valence electrons. The van der Waals surface area contributed by atoms with Gasteiger partial charge in [0, 0.05) is 13.0 Å². The molecule has 1 saturated carbocycles. The number of hydrogen-bond acceptors (Lipinski definition) is 4. The number of esters is 1. The smallest absolute Gasteiger partial charge is 0.328 e. The summed E-state index contributed by atoms with van der Waals surface area (Å²) in [4.78, 5) is 13.3. The Bertz CT molecular complexity index is 666. The third kappa shape index (κ3) is 2.22. The molecule has 1 aliphatic heterocycles. The number of carbonyl (C=O) groups excluding carboxylic acids is 1. The molecular weight excluding hydrogens is 318 g/mol. The van der Waals surface area contributed by atoms with Crippen molar-refractivity contribution in [1.29, 1.82) is 0 Å². The van der Waals surface area contributed by atoms with Crippen molar-refractivity contribution in [2.75, 3.05) is 25.7 Å². The van der Waals surface area contributed by atoms with E-state index in [-0.39, 0.29) is 25.1 Å². The largest absolute Gasteiger partial charge is 0.491 e. The second-order valence-corrected chi connectivity index (χ2v) is 5.95. The molecule has 23 heavy (non-hydrogen) atoms. The summed E-state index contributed by atoms with van der Waals surface area (Å²) in [6.07, 6.45) is -0.440. The fraction of sp³-hybridized carbons (Fsp3) is 0.533. The standard InChI is InChI=1S/C15H15F4NO3/c1-22-12-9(4-3-8(16)11(12)17)20-7-14(6-15(14,18)19)5-10(20)13(21)23-2/h3-4,10H,5-7H2,1-2H3. The maximum Gasteiger partial charge on any atom is 0.328 e. The van der Waals surface area contributed by atoms with Crippen LogP contribution in [0.2, 0.25) is 0 Å². The number of carbonyl (C=O) groups is 1. The van der Waals surface area contributed by atoms with Crippen LogP contribution in [0.3, 0.4) is 0 Å². The van der Waals surface area contributed by atoms with Crippen molar-refractivity contribution < 1.29 is 31.8 Å². The summed E-state index contributed by atoms with van der Waals surface area (Å²) in [6, 6.07) is 1.09. The zero-order chi connectivity index (χ0) is 17.0. The zero-order valence-corrected chi connectivity index (χ0v) is 12.5. The average Bonchev–Trinajstić information content (AvgIpc) is 2.85. The molecule has 8 heteroatoms. The lowest BCUT2D eigenvalue weighted by atomic mass is 10.0. The molecule has 2 atom stereocenters. The highest BCUT2D eigenvalue weighted by Gasteiger charge is 2.75. The van der Waals surface area contributed by atoms with Gasteiger partial charge in [-0.3, -0.25) is 0 Å². The molecular formula is C15H15F4NO3. The number of halogens is 4. The highest BCUT2D eigenvalue weighted by molar-refractivity contribution is 5.82. The van der Waals surface area contributed by atoms with Crippen molar-refractivity contribution in [3.05, 3.63) is 23.8 Å². The summed E-state index contributed by atoms with van der Waals surface area (Å²) >= 11 is 0. The van der Waals surface area contributed by atoms with Crippen molar-refractivity contribution in [1.82, 2.24) is 0 Å². The summed E-state index contributed by atoms with van der Waals surface area (Å²) < 4.78 is 64.2. The van der Waals surface area contributed by atoms with E-state index in [2.05, 4.69) is 4.74 Å². The molecule has 4 nitrogen and oxygen atoms in total. The quantitative estimate of drug-likeness (QED) is 0.630. The van der Waals surface area contributed by atoms with E-state index >= 15 is 0 Å². The van der Waals surface area contributed by atoms with Crippen LogP contribution in [0.1, 0.15) is 12.8 Å². The van der Waals surface area contributed by atoms with Crippen LogP contribution in [0.25, 0.3) is 0 Å². The second kappa shape index (κ2) is 5.01. The minimum atomic E-state index is -2.88.